The maximum Gasteiger partial charge on any atom is 0.0480 e. The van der Waals surface area contributed by atoms with Crippen LogP contribution in [0.15, 0.2) is 18.5 Å². The van der Waals surface area contributed by atoms with Crippen molar-refractivity contribution in [1.82, 2.24) is 9.88 Å². The Morgan fingerprint density at radius 1 is 1.18 bits per heavy atom. The zero-order chi connectivity index (χ0) is 14.8. The van der Waals surface area contributed by atoms with Crippen molar-refractivity contribution in [3.05, 3.63) is 29.6 Å². The SMILES string of the molecule is c1cc2c(cn1)CCC2C[C@@H]1CCN(C2CCCOCC2)C1. The van der Waals surface area contributed by atoms with Gasteiger partial charge >= 0.3 is 0 Å². The van der Waals surface area contributed by atoms with Gasteiger partial charge in [0.15, 0.2) is 0 Å². The third kappa shape index (κ3) is 3.07. The van der Waals surface area contributed by atoms with Crippen molar-refractivity contribution in [2.75, 3.05) is 26.3 Å². The second kappa shape index (κ2) is 6.67. The lowest BCUT2D eigenvalue weighted by atomic mass is 9.90. The van der Waals surface area contributed by atoms with Crippen molar-refractivity contribution in [3.8, 4) is 0 Å². The molecule has 2 aliphatic heterocycles. The number of rotatable bonds is 3. The van der Waals surface area contributed by atoms with Crippen molar-refractivity contribution < 1.29 is 4.74 Å². The van der Waals surface area contributed by atoms with Gasteiger partial charge in [0.25, 0.3) is 0 Å². The number of likely N-dealkylation sites (tertiary alicyclic amines) is 1. The Labute approximate surface area is 134 Å². The van der Waals surface area contributed by atoms with E-state index < -0.39 is 0 Å². The van der Waals surface area contributed by atoms with Crippen molar-refractivity contribution in [1.29, 1.82) is 0 Å². The lowest BCUT2D eigenvalue weighted by Gasteiger charge is -2.26. The van der Waals surface area contributed by atoms with E-state index >= 15 is 0 Å². The van der Waals surface area contributed by atoms with E-state index in [9.17, 15) is 0 Å². The van der Waals surface area contributed by atoms with Crippen LogP contribution in [-0.2, 0) is 11.2 Å². The van der Waals surface area contributed by atoms with Gasteiger partial charge in [-0.25, -0.2) is 0 Å². The molecule has 0 N–H and O–H groups in total. The molecule has 2 saturated heterocycles. The van der Waals surface area contributed by atoms with E-state index in [0.717, 1.165) is 31.1 Å². The highest BCUT2D eigenvalue weighted by atomic mass is 16.5. The van der Waals surface area contributed by atoms with Gasteiger partial charge in [-0.1, -0.05) is 0 Å². The number of pyridine rings is 1. The predicted molar refractivity (Wildman–Crippen MR) is 88.1 cm³/mol. The molecular weight excluding hydrogens is 272 g/mol. The molecule has 22 heavy (non-hydrogen) atoms. The first-order valence-corrected chi connectivity index (χ1v) is 9.15. The molecule has 1 aromatic rings. The predicted octanol–water partition coefficient (Wildman–Crippen LogP) is 3.39. The van der Waals surface area contributed by atoms with Crippen LogP contribution in [0, 0.1) is 5.92 Å². The Morgan fingerprint density at radius 3 is 3.18 bits per heavy atom. The minimum Gasteiger partial charge on any atom is -0.381 e. The van der Waals surface area contributed by atoms with Crippen molar-refractivity contribution in [2.45, 2.75) is 56.9 Å². The van der Waals surface area contributed by atoms with Crippen molar-refractivity contribution in [3.63, 3.8) is 0 Å². The molecule has 120 valence electrons. The normalized spacial score (nSPS) is 32.8. The average molecular weight is 300 g/mol. The Hall–Kier alpha value is -0.930. The monoisotopic (exact) mass is 300 g/mol. The first-order valence-electron chi connectivity index (χ1n) is 9.15. The van der Waals surface area contributed by atoms with Gasteiger partial charge in [0.05, 0.1) is 0 Å². The van der Waals surface area contributed by atoms with E-state index in [1.807, 2.05) is 6.20 Å². The molecule has 2 unspecified atom stereocenters. The van der Waals surface area contributed by atoms with Gasteiger partial charge in [0, 0.05) is 38.2 Å². The lowest BCUT2D eigenvalue weighted by molar-refractivity contribution is 0.134. The number of aryl methyl sites for hydroxylation is 1. The van der Waals surface area contributed by atoms with E-state index in [-0.39, 0.29) is 0 Å². The van der Waals surface area contributed by atoms with Crippen LogP contribution in [0.2, 0.25) is 0 Å². The summed E-state index contributed by atoms with van der Waals surface area (Å²) in [5, 5.41) is 0. The van der Waals surface area contributed by atoms with E-state index in [0.29, 0.717) is 0 Å². The molecule has 0 radical (unpaired) electrons. The van der Waals surface area contributed by atoms with Gasteiger partial charge in [-0.05, 0) is 80.5 Å². The summed E-state index contributed by atoms with van der Waals surface area (Å²) in [5.74, 6) is 1.69. The maximum atomic E-state index is 5.63. The molecule has 3 atom stereocenters. The molecule has 0 aromatic carbocycles. The summed E-state index contributed by atoms with van der Waals surface area (Å²) in [5.41, 5.74) is 3.10. The third-order valence-corrected chi connectivity index (χ3v) is 6.02. The van der Waals surface area contributed by atoms with Gasteiger partial charge in [-0.3, -0.25) is 4.98 Å². The highest BCUT2D eigenvalue weighted by molar-refractivity contribution is 5.32. The summed E-state index contributed by atoms with van der Waals surface area (Å²) in [6, 6.07) is 3.05. The minimum absolute atomic E-state index is 0.785. The van der Waals surface area contributed by atoms with E-state index in [1.54, 1.807) is 5.56 Å². The Bertz CT molecular complexity index is 496. The molecule has 0 amide bonds. The molecular formula is C19H28N2O. The van der Waals surface area contributed by atoms with Crippen LogP contribution in [0.3, 0.4) is 0 Å². The molecule has 4 rings (SSSR count). The number of hydrogen-bond donors (Lipinski definition) is 0. The molecule has 1 aliphatic carbocycles. The molecule has 2 fully saturated rings. The van der Waals surface area contributed by atoms with E-state index in [2.05, 4.69) is 22.1 Å². The fourth-order valence-electron chi connectivity index (χ4n) is 4.82. The van der Waals surface area contributed by atoms with Gasteiger partial charge in [0.1, 0.15) is 0 Å². The molecule has 1 aromatic heterocycles. The Kier molecular flexibility index (Phi) is 4.44. The quantitative estimate of drug-likeness (QED) is 0.855. The number of hydrogen-bond acceptors (Lipinski definition) is 3. The summed E-state index contributed by atoms with van der Waals surface area (Å²) in [6.45, 7) is 4.57. The van der Waals surface area contributed by atoms with Crippen LogP contribution < -0.4 is 0 Å². The maximum absolute atomic E-state index is 5.63. The second-order valence-electron chi connectivity index (χ2n) is 7.39. The minimum atomic E-state index is 0.785. The van der Waals surface area contributed by atoms with Gasteiger partial charge in [0.2, 0.25) is 0 Å². The highest BCUT2D eigenvalue weighted by Crippen LogP contribution is 2.39. The van der Waals surface area contributed by atoms with Crippen LogP contribution >= 0.6 is 0 Å². The van der Waals surface area contributed by atoms with E-state index in [1.165, 1.54) is 63.6 Å². The van der Waals surface area contributed by atoms with Gasteiger partial charge in [-0.2, -0.15) is 0 Å². The first-order chi connectivity index (χ1) is 10.9. The van der Waals surface area contributed by atoms with Gasteiger partial charge in [-0.15, -0.1) is 0 Å². The summed E-state index contributed by atoms with van der Waals surface area (Å²) in [6.07, 6.45) is 13.2. The number of fused-ring (bicyclic) bond motifs is 1. The van der Waals surface area contributed by atoms with Crippen LogP contribution in [0.25, 0.3) is 0 Å². The zero-order valence-corrected chi connectivity index (χ0v) is 13.5. The summed E-state index contributed by atoms with van der Waals surface area (Å²) in [7, 11) is 0. The first kappa shape index (κ1) is 14.6. The Morgan fingerprint density at radius 2 is 2.18 bits per heavy atom. The van der Waals surface area contributed by atoms with Crippen LogP contribution in [-0.4, -0.2) is 42.2 Å². The molecule has 0 spiro atoms. The summed E-state index contributed by atoms with van der Waals surface area (Å²) >= 11 is 0. The lowest BCUT2D eigenvalue weighted by Crippen LogP contribution is -2.33. The molecule has 3 heterocycles. The van der Waals surface area contributed by atoms with Gasteiger partial charge < -0.3 is 9.64 Å². The fraction of sp³-hybridized carbons (Fsp3) is 0.737. The molecule has 3 aliphatic rings. The van der Waals surface area contributed by atoms with Crippen molar-refractivity contribution >= 4 is 0 Å². The molecule has 0 bridgehead atoms. The second-order valence-corrected chi connectivity index (χ2v) is 7.39. The van der Waals surface area contributed by atoms with E-state index in [4.69, 9.17) is 4.74 Å². The molecule has 3 nitrogen and oxygen atoms in total. The van der Waals surface area contributed by atoms with Crippen molar-refractivity contribution in [2.24, 2.45) is 5.92 Å². The number of nitrogens with zero attached hydrogens (tertiary/aromatic N) is 2. The van der Waals surface area contributed by atoms with Crippen LogP contribution in [0.5, 0.6) is 0 Å². The smallest absolute Gasteiger partial charge is 0.0480 e. The standard InChI is InChI=1S/C19H28N2O/c1-2-18(7-11-22-10-1)21-9-6-15(14-21)12-16-3-4-17-13-20-8-5-19(16)17/h5,8,13,15-16,18H,1-4,6-7,9-12,14H2/t15-,16?,18?/m0/s1. The fourth-order valence-corrected chi connectivity index (χ4v) is 4.82. The third-order valence-electron chi connectivity index (χ3n) is 6.02. The zero-order valence-electron chi connectivity index (χ0n) is 13.5. The highest BCUT2D eigenvalue weighted by Gasteiger charge is 2.32. The number of aromatic nitrogens is 1. The summed E-state index contributed by atoms with van der Waals surface area (Å²) < 4.78 is 5.63. The average Bonchev–Trinajstić information content (AvgIpc) is 3.08. The van der Waals surface area contributed by atoms with Crippen LogP contribution in [0.4, 0.5) is 0 Å². The summed E-state index contributed by atoms with van der Waals surface area (Å²) in [4.78, 5) is 7.05. The molecule has 0 saturated carbocycles. The number of ether oxygens (including phenoxy) is 1. The van der Waals surface area contributed by atoms with Crippen LogP contribution in [0.1, 0.15) is 55.6 Å². The Balaban J connectivity index is 1.34. The topological polar surface area (TPSA) is 25.4 Å². The molecule has 3 heteroatoms. The largest absolute Gasteiger partial charge is 0.381 e.